The quantitative estimate of drug-likeness (QED) is 0.617. The highest BCUT2D eigenvalue weighted by atomic mass is 79.9. The van der Waals surface area contributed by atoms with E-state index in [2.05, 4.69) is 25.9 Å². The summed E-state index contributed by atoms with van der Waals surface area (Å²) in [7, 11) is 0. The largest absolute Gasteiger partial charge is 0.264 e. The maximum Gasteiger partial charge on any atom is 0.220 e. The molecule has 0 amide bonds. The summed E-state index contributed by atoms with van der Waals surface area (Å²) in [4.78, 5) is 7.65. The molecular formula is C11H8BrFN2. The Kier molecular flexibility index (Phi) is 3.06. The van der Waals surface area contributed by atoms with Crippen LogP contribution in [0, 0.1) is 5.95 Å². The summed E-state index contributed by atoms with van der Waals surface area (Å²) in [5, 5.41) is 0.660. The second-order valence-corrected chi connectivity index (χ2v) is 3.62. The van der Waals surface area contributed by atoms with Gasteiger partial charge in [-0.2, -0.15) is 4.39 Å². The molecule has 0 bridgehead atoms. The average Bonchev–Trinajstić information content (AvgIpc) is 2.31. The normalized spacial score (nSPS) is 10.3. The van der Waals surface area contributed by atoms with Gasteiger partial charge in [0.25, 0.3) is 0 Å². The molecule has 0 unspecified atom stereocenters. The number of nitrogens with zero attached hydrogens (tertiary/aromatic N) is 2. The molecule has 2 aromatic rings. The highest BCUT2D eigenvalue weighted by Crippen LogP contribution is 2.22. The molecule has 15 heavy (non-hydrogen) atoms. The van der Waals surface area contributed by atoms with Crippen LogP contribution in [-0.2, 0) is 5.33 Å². The molecule has 0 fully saturated rings. The third-order valence-electron chi connectivity index (χ3n) is 2.02. The lowest BCUT2D eigenvalue weighted by Crippen LogP contribution is -1.91. The Morgan fingerprint density at radius 3 is 2.87 bits per heavy atom. The van der Waals surface area contributed by atoms with Crippen molar-refractivity contribution in [1.29, 1.82) is 0 Å². The lowest BCUT2D eigenvalue weighted by molar-refractivity contribution is 0.586. The number of pyridine rings is 2. The summed E-state index contributed by atoms with van der Waals surface area (Å²) in [6, 6.07) is 5.36. The van der Waals surface area contributed by atoms with Gasteiger partial charge in [0.15, 0.2) is 0 Å². The van der Waals surface area contributed by atoms with Gasteiger partial charge in [-0.15, -0.1) is 0 Å². The number of rotatable bonds is 2. The molecule has 0 saturated carbocycles. The van der Waals surface area contributed by atoms with E-state index in [9.17, 15) is 4.39 Å². The smallest absolute Gasteiger partial charge is 0.220 e. The van der Waals surface area contributed by atoms with E-state index in [0.29, 0.717) is 10.9 Å². The van der Waals surface area contributed by atoms with Crippen molar-refractivity contribution in [3.63, 3.8) is 0 Å². The summed E-state index contributed by atoms with van der Waals surface area (Å²) >= 11 is 3.31. The van der Waals surface area contributed by atoms with Crippen molar-refractivity contribution in [1.82, 2.24) is 9.97 Å². The van der Waals surface area contributed by atoms with Crippen molar-refractivity contribution >= 4 is 15.9 Å². The second-order valence-electron chi connectivity index (χ2n) is 3.06. The molecule has 2 heterocycles. The molecule has 0 aliphatic carbocycles. The van der Waals surface area contributed by atoms with Gasteiger partial charge in [0.2, 0.25) is 5.95 Å². The third-order valence-corrected chi connectivity index (χ3v) is 2.67. The van der Waals surface area contributed by atoms with E-state index < -0.39 is 5.95 Å². The zero-order valence-corrected chi connectivity index (χ0v) is 9.41. The molecule has 2 rings (SSSR count). The van der Waals surface area contributed by atoms with Crippen LogP contribution in [0.1, 0.15) is 5.56 Å². The van der Waals surface area contributed by atoms with Crippen molar-refractivity contribution in [2.45, 2.75) is 5.33 Å². The van der Waals surface area contributed by atoms with Gasteiger partial charge < -0.3 is 0 Å². The fourth-order valence-electron chi connectivity index (χ4n) is 1.29. The van der Waals surface area contributed by atoms with E-state index in [4.69, 9.17) is 0 Å². The number of halogens is 2. The Hall–Kier alpha value is -1.29. The second kappa shape index (κ2) is 4.49. The van der Waals surface area contributed by atoms with Gasteiger partial charge in [0.1, 0.15) is 0 Å². The number of alkyl halides is 1. The average molecular weight is 267 g/mol. The Bertz CT molecular complexity index is 459. The summed E-state index contributed by atoms with van der Waals surface area (Å²) in [6.45, 7) is 0. The first-order valence-electron chi connectivity index (χ1n) is 4.42. The zero-order chi connectivity index (χ0) is 10.7. The predicted molar refractivity (Wildman–Crippen MR) is 60.1 cm³/mol. The van der Waals surface area contributed by atoms with Gasteiger partial charge in [-0.25, -0.2) is 4.98 Å². The molecule has 4 heteroatoms. The van der Waals surface area contributed by atoms with E-state index in [1.807, 2.05) is 6.07 Å². The summed E-state index contributed by atoms with van der Waals surface area (Å²) in [6.07, 6.45) is 4.80. The van der Waals surface area contributed by atoms with Crippen LogP contribution in [0.15, 0.2) is 36.8 Å². The van der Waals surface area contributed by atoms with E-state index in [0.717, 1.165) is 11.1 Å². The summed E-state index contributed by atoms with van der Waals surface area (Å²) in [5.74, 6) is -0.465. The molecule has 0 aliphatic rings. The lowest BCUT2D eigenvalue weighted by Gasteiger charge is -2.03. The van der Waals surface area contributed by atoms with Crippen molar-refractivity contribution in [2.24, 2.45) is 0 Å². The molecular weight excluding hydrogens is 259 g/mol. The first kappa shape index (κ1) is 10.2. The van der Waals surface area contributed by atoms with Crippen molar-refractivity contribution < 1.29 is 4.39 Å². The molecule has 0 aromatic carbocycles. The van der Waals surface area contributed by atoms with E-state index in [-0.39, 0.29) is 0 Å². The van der Waals surface area contributed by atoms with E-state index in [1.54, 1.807) is 24.5 Å². The van der Waals surface area contributed by atoms with E-state index >= 15 is 0 Å². The van der Waals surface area contributed by atoms with Crippen molar-refractivity contribution in [2.75, 3.05) is 0 Å². The molecule has 2 aromatic heterocycles. The zero-order valence-electron chi connectivity index (χ0n) is 7.82. The van der Waals surface area contributed by atoms with Gasteiger partial charge in [0.05, 0.1) is 0 Å². The number of hydrogen-bond acceptors (Lipinski definition) is 2. The highest BCUT2D eigenvalue weighted by Gasteiger charge is 2.06. The predicted octanol–water partition coefficient (Wildman–Crippen LogP) is 3.18. The standard InChI is InChI=1S/C11H8BrFN2/c12-5-8-4-10(11(13)15-6-8)9-2-1-3-14-7-9/h1-4,6-7H,5H2. The van der Waals surface area contributed by atoms with Gasteiger partial charge in [-0.1, -0.05) is 22.0 Å². The van der Waals surface area contributed by atoms with Crippen LogP contribution in [0.3, 0.4) is 0 Å². The van der Waals surface area contributed by atoms with Crippen LogP contribution in [-0.4, -0.2) is 9.97 Å². The minimum atomic E-state index is -0.465. The van der Waals surface area contributed by atoms with Crippen LogP contribution >= 0.6 is 15.9 Å². The number of aromatic nitrogens is 2. The fourth-order valence-corrected chi connectivity index (χ4v) is 1.60. The summed E-state index contributed by atoms with van der Waals surface area (Å²) in [5.41, 5.74) is 2.17. The SMILES string of the molecule is Fc1ncc(CBr)cc1-c1cccnc1. The molecule has 0 spiro atoms. The van der Waals surface area contributed by atoms with Crippen molar-refractivity contribution in [3.05, 3.63) is 48.3 Å². The molecule has 0 N–H and O–H groups in total. The molecule has 76 valence electrons. The minimum Gasteiger partial charge on any atom is -0.264 e. The lowest BCUT2D eigenvalue weighted by atomic mass is 10.1. The van der Waals surface area contributed by atoms with Crippen LogP contribution in [0.5, 0.6) is 0 Å². The van der Waals surface area contributed by atoms with Crippen molar-refractivity contribution in [3.8, 4) is 11.1 Å². The van der Waals surface area contributed by atoms with Crippen LogP contribution in [0.4, 0.5) is 4.39 Å². The molecule has 0 radical (unpaired) electrons. The van der Waals surface area contributed by atoms with Crippen LogP contribution < -0.4 is 0 Å². The molecule has 0 saturated heterocycles. The first-order chi connectivity index (χ1) is 7.31. The fraction of sp³-hybridized carbons (Fsp3) is 0.0909. The molecule has 0 atom stereocenters. The first-order valence-corrected chi connectivity index (χ1v) is 5.54. The third kappa shape index (κ3) is 2.21. The highest BCUT2D eigenvalue weighted by molar-refractivity contribution is 9.08. The molecule has 0 aliphatic heterocycles. The monoisotopic (exact) mass is 266 g/mol. The van der Waals surface area contributed by atoms with Gasteiger partial charge in [0, 0.05) is 35.0 Å². The Morgan fingerprint density at radius 1 is 1.33 bits per heavy atom. The Morgan fingerprint density at radius 2 is 2.20 bits per heavy atom. The van der Waals surface area contributed by atoms with E-state index in [1.165, 1.54) is 6.20 Å². The molecule has 2 nitrogen and oxygen atoms in total. The van der Waals surface area contributed by atoms with Crippen LogP contribution in [0.2, 0.25) is 0 Å². The van der Waals surface area contributed by atoms with Gasteiger partial charge in [-0.05, 0) is 17.7 Å². The van der Waals surface area contributed by atoms with Gasteiger partial charge >= 0.3 is 0 Å². The Labute approximate surface area is 95.3 Å². The summed E-state index contributed by atoms with van der Waals surface area (Å²) < 4.78 is 13.4. The maximum absolute atomic E-state index is 13.4. The van der Waals surface area contributed by atoms with Gasteiger partial charge in [-0.3, -0.25) is 4.98 Å². The maximum atomic E-state index is 13.4. The topological polar surface area (TPSA) is 25.8 Å². The number of hydrogen-bond donors (Lipinski definition) is 0. The minimum absolute atomic E-state index is 0.465. The Balaban J connectivity index is 2.52. The van der Waals surface area contributed by atoms with Crippen LogP contribution in [0.25, 0.3) is 11.1 Å².